The van der Waals surface area contributed by atoms with Gasteiger partial charge in [0.2, 0.25) is 5.91 Å². The van der Waals surface area contributed by atoms with Gasteiger partial charge in [0.1, 0.15) is 11.6 Å². The maximum atomic E-state index is 12.3. The Morgan fingerprint density at radius 2 is 1.71 bits per heavy atom. The highest BCUT2D eigenvalue weighted by Gasteiger charge is 2.12. The predicted molar refractivity (Wildman–Crippen MR) is 123 cm³/mol. The number of aryl methyl sites for hydroxylation is 1. The van der Waals surface area contributed by atoms with Crippen LogP contribution in [0.15, 0.2) is 78.9 Å². The summed E-state index contributed by atoms with van der Waals surface area (Å²) < 4.78 is 7.84. The number of benzene rings is 3. The highest BCUT2D eigenvalue weighted by atomic mass is 16.5. The molecule has 0 saturated heterocycles. The maximum Gasteiger partial charge on any atom is 0.220 e. The van der Waals surface area contributed by atoms with Gasteiger partial charge >= 0.3 is 0 Å². The van der Waals surface area contributed by atoms with Gasteiger partial charge < -0.3 is 14.6 Å². The molecule has 5 nitrogen and oxygen atoms in total. The van der Waals surface area contributed by atoms with Gasteiger partial charge in [0, 0.05) is 13.0 Å². The van der Waals surface area contributed by atoms with Gasteiger partial charge in [-0.2, -0.15) is 0 Å². The van der Waals surface area contributed by atoms with E-state index in [1.165, 1.54) is 11.1 Å². The van der Waals surface area contributed by atoms with Crippen LogP contribution in [0.1, 0.15) is 29.8 Å². The van der Waals surface area contributed by atoms with E-state index in [2.05, 4.69) is 47.1 Å². The first-order valence-corrected chi connectivity index (χ1v) is 10.6. The second-order valence-electron chi connectivity index (χ2n) is 7.63. The minimum atomic E-state index is 0.00519. The molecule has 0 atom stereocenters. The summed E-state index contributed by atoms with van der Waals surface area (Å²) in [4.78, 5) is 17.1. The summed E-state index contributed by atoms with van der Waals surface area (Å²) in [7, 11) is 0. The van der Waals surface area contributed by atoms with Gasteiger partial charge in [0.15, 0.2) is 0 Å². The number of hydrogen-bond donors (Lipinski definition) is 1. The van der Waals surface area contributed by atoms with E-state index in [9.17, 15) is 4.79 Å². The number of rotatable bonds is 9. The number of nitrogens with one attached hydrogen (secondary N) is 1. The Kier molecular flexibility index (Phi) is 6.62. The molecule has 4 rings (SSSR count). The molecule has 1 amide bonds. The fraction of sp³-hybridized carbons (Fsp3) is 0.231. The zero-order valence-corrected chi connectivity index (χ0v) is 17.8. The lowest BCUT2D eigenvalue weighted by Crippen LogP contribution is -2.25. The average Bonchev–Trinajstić information content (AvgIpc) is 3.15. The normalized spacial score (nSPS) is 10.9. The zero-order valence-electron chi connectivity index (χ0n) is 17.8. The van der Waals surface area contributed by atoms with E-state index in [1.54, 1.807) is 0 Å². The molecule has 0 aliphatic heterocycles. The molecule has 5 heteroatoms. The molecule has 0 saturated carbocycles. The summed E-state index contributed by atoms with van der Waals surface area (Å²) in [5, 5.41) is 3.02. The Bertz CT molecular complexity index is 1130. The minimum Gasteiger partial charge on any atom is -0.494 e. The number of ether oxygens (including phenoxy) is 1. The van der Waals surface area contributed by atoms with E-state index in [0.29, 0.717) is 26.0 Å². The summed E-state index contributed by atoms with van der Waals surface area (Å²) in [5.41, 5.74) is 4.46. The van der Waals surface area contributed by atoms with E-state index in [0.717, 1.165) is 29.2 Å². The van der Waals surface area contributed by atoms with E-state index < -0.39 is 0 Å². The van der Waals surface area contributed by atoms with Gasteiger partial charge in [-0.15, -0.1) is 0 Å². The van der Waals surface area contributed by atoms with Crippen LogP contribution in [0.4, 0.5) is 0 Å². The van der Waals surface area contributed by atoms with Crippen molar-refractivity contribution in [2.75, 3.05) is 6.61 Å². The van der Waals surface area contributed by atoms with Crippen molar-refractivity contribution in [2.45, 2.75) is 32.9 Å². The summed E-state index contributed by atoms with van der Waals surface area (Å²) >= 11 is 0. The van der Waals surface area contributed by atoms with E-state index >= 15 is 0 Å². The number of carbonyl (C=O) groups excluding carboxylic acids is 1. The molecule has 1 N–H and O–H groups in total. The molecular weight excluding hydrogens is 386 g/mol. The van der Waals surface area contributed by atoms with Crippen molar-refractivity contribution in [1.29, 1.82) is 0 Å². The van der Waals surface area contributed by atoms with Crippen LogP contribution in [0.2, 0.25) is 0 Å². The predicted octanol–water partition coefficient (Wildman–Crippen LogP) is 4.87. The molecule has 1 aromatic heterocycles. The van der Waals surface area contributed by atoms with Crippen LogP contribution in [0, 0.1) is 6.92 Å². The molecule has 4 aromatic rings. The van der Waals surface area contributed by atoms with E-state index in [-0.39, 0.29) is 5.91 Å². The van der Waals surface area contributed by atoms with Crippen molar-refractivity contribution in [1.82, 2.24) is 14.9 Å². The van der Waals surface area contributed by atoms with Gasteiger partial charge in [-0.05, 0) is 43.2 Å². The molecule has 0 aliphatic rings. The Morgan fingerprint density at radius 1 is 0.968 bits per heavy atom. The number of hydrogen-bond acceptors (Lipinski definition) is 3. The van der Waals surface area contributed by atoms with E-state index in [1.807, 2.05) is 48.5 Å². The monoisotopic (exact) mass is 413 g/mol. The lowest BCUT2D eigenvalue weighted by Gasteiger charge is -2.11. The van der Waals surface area contributed by atoms with Crippen molar-refractivity contribution in [3.63, 3.8) is 0 Å². The number of carbonyl (C=O) groups is 1. The first-order valence-electron chi connectivity index (χ1n) is 10.6. The number of aromatic nitrogens is 2. The van der Waals surface area contributed by atoms with Gasteiger partial charge in [0.05, 0.1) is 24.2 Å². The Hall–Kier alpha value is -3.60. The van der Waals surface area contributed by atoms with Crippen molar-refractivity contribution in [2.24, 2.45) is 0 Å². The van der Waals surface area contributed by atoms with Crippen molar-refractivity contribution in [3.05, 3.63) is 95.8 Å². The third-order valence-corrected chi connectivity index (χ3v) is 5.20. The number of amides is 1. The van der Waals surface area contributed by atoms with Gasteiger partial charge in [-0.3, -0.25) is 4.79 Å². The molecule has 0 bridgehead atoms. The number of fused-ring (bicyclic) bond motifs is 1. The summed E-state index contributed by atoms with van der Waals surface area (Å²) in [6.07, 6.45) is 1.09. The zero-order chi connectivity index (χ0) is 21.5. The summed E-state index contributed by atoms with van der Waals surface area (Å²) in [6, 6.07) is 26.2. The molecule has 0 spiro atoms. The van der Waals surface area contributed by atoms with Crippen LogP contribution in [0.25, 0.3) is 11.0 Å². The minimum absolute atomic E-state index is 0.00519. The number of para-hydroxylation sites is 3. The number of nitrogens with zero attached hydrogens (tertiary/aromatic N) is 2. The molecule has 31 heavy (non-hydrogen) atoms. The van der Waals surface area contributed by atoms with Gasteiger partial charge in [-0.25, -0.2) is 4.98 Å². The lowest BCUT2D eigenvalue weighted by atomic mass is 10.1. The van der Waals surface area contributed by atoms with Crippen LogP contribution < -0.4 is 10.1 Å². The topological polar surface area (TPSA) is 56.2 Å². The third-order valence-electron chi connectivity index (χ3n) is 5.20. The summed E-state index contributed by atoms with van der Waals surface area (Å²) in [5.74, 6) is 1.69. The Morgan fingerprint density at radius 3 is 2.52 bits per heavy atom. The van der Waals surface area contributed by atoms with Crippen molar-refractivity contribution in [3.8, 4) is 5.75 Å². The quantitative estimate of drug-likeness (QED) is 0.398. The van der Waals surface area contributed by atoms with Crippen molar-refractivity contribution >= 4 is 16.9 Å². The lowest BCUT2D eigenvalue weighted by molar-refractivity contribution is -0.121. The smallest absolute Gasteiger partial charge is 0.220 e. The van der Waals surface area contributed by atoms with E-state index in [4.69, 9.17) is 9.72 Å². The van der Waals surface area contributed by atoms with Crippen LogP contribution in [0.5, 0.6) is 5.75 Å². The largest absolute Gasteiger partial charge is 0.494 e. The first kappa shape index (κ1) is 20.7. The molecule has 0 aliphatic carbocycles. The molecular formula is C26H27N3O2. The van der Waals surface area contributed by atoms with Crippen LogP contribution in [-0.4, -0.2) is 22.1 Å². The Labute approximate surface area is 182 Å². The van der Waals surface area contributed by atoms with Gasteiger partial charge in [-0.1, -0.05) is 60.2 Å². The third kappa shape index (κ3) is 5.51. The molecule has 158 valence electrons. The molecule has 3 aromatic carbocycles. The van der Waals surface area contributed by atoms with Crippen LogP contribution in [0.3, 0.4) is 0 Å². The van der Waals surface area contributed by atoms with Crippen molar-refractivity contribution < 1.29 is 9.53 Å². The van der Waals surface area contributed by atoms with Crippen LogP contribution >= 0.6 is 0 Å². The fourth-order valence-corrected chi connectivity index (χ4v) is 3.52. The number of imidazole rings is 1. The average molecular weight is 414 g/mol. The standard InChI is InChI=1S/C26H27N3O2/c1-20-13-15-21(16-14-20)19-29-24-11-6-5-10-23(24)28-25(29)18-27-26(30)12-7-17-31-22-8-3-2-4-9-22/h2-6,8-11,13-16H,7,12,17-19H2,1H3,(H,27,30). The first-order chi connectivity index (χ1) is 15.2. The molecule has 0 fully saturated rings. The highest BCUT2D eigenvalue weighted by Crippen LogP contribution is 2.18. The highest BCUT2D eigenvalue weighted by molar-refractivity contribution is 5.77. The summed E-state index contributed by atoms with van der Waals surface area (Å²) in [6.45, 7) is 3.72. The fourth-order valence-electron chi connectivity index (χ4n) is 3.52. The second kappa shape index (κ2) is 9.94. The second-order valence-corrected chi connectivity index (χ2v) is 7.63. The molecule has 0 radical (unpaired) electrons. The molecule has 0 unspecified atom stereocenters. The van der Waals surface area contributed by atoms with Gasteiger partial charge in [0.25, 0.3) is 0 Å². The van der Waals surface area contributed by atoms with Crippen LogP contribution in [-0.2, 0) is 17.9 Å². The maximum absolute atomic E-state index is 12.3. The SMILES string of the molecule is Cc1ccc(Cn2c(CNC(=O)CCCOc3ccccc3)nc3ccccc32)cc1. The molecule has 1 heterocycles. The Balaban J connectivity index is 1.36.